The predicted octanol–water partition coefficient (Wildman–Crippen LogP) is 1.06. The van der Waals surface area contributed by atoms with Gasteiger partial charge in [0.1, 0.15) is 5.69 Å². The zero-order valence-corrected chi connectivity index (χ0v) is 15.9. The Labute approximate surface area is 157 Å². The van der Waals surface area contributed by atoms with Gasteiger partial charge in [-0.3, -0.25) is 9.59 Å². The zero-order chi connectivity index (χ0) is 19.1. The molecule has 0 saturated carbocycles. The Bertz CT molecular complexity index is 932. The number of amides is 1. The summed E-state index contributed by atoms with van der Waals surface area (Å²) in [5.74, 6) is 0.716. The third-order valence-corrected chi connectivity index (χ3v) is 5.39. The van der Waals surface area contributed by atoms with Crippen LogP contribution in [0.4, 0.5) is 5.82 Å². The van der Waals surface area contributed by atoms with Gasteiger partial charge >= 0.3 is 0 Å². The molecule has 27 heavy (non-hydrogen) atoms. The molecule has 1 saturated heterocycles. The molecule has 2 aromatic heterocycles. The van der Waals surface area contributed by atoms with E-state index in [-0.39, 0.29) is 23.6 Å². The first-order chi connectivity index (χ1) is 12.9. The van der Waals surface area contributed by atoms with Crippen molar-refractivity contribution in [2.45, 2.75) is 45.2 Å². The van der Waals surface area contributed by atoms with Crippen LogP contribution in [0, 0.1) is 0 Å². The number of aryl methyl sites for hydroxylation is 2. The highest BCUT2D eigenvalue weighted by Gasteiger charge is 2.34. The molecular formula is C19H24N6O2. The number of carbonyl (C=O) groups is 1. The topological polar surface area (TPSA) is 84.2 Å². The summed E-state index contributed by atoms with van der Waals surface area (Å²) in [6, 6.07) is 5.04. The van der Waals surface area contributed by atoms with Gasteiger partial charge in [0.25, 0.3) is 11.5 Å². The number of rotatable bonds is 4. The average molecular weight is 368 g/mol. The summed E-state index contributed by atoms with van der Waals surface area (Å²) >= 11 is 0. The van der Waals surface area contributed by atoms with Crippen LogP contribution in [0.25, 0.3) is 0 Å². The molecular weight excluding hydrogens is 344 g/mol. The Morgan fingerprint density at radius 2 is 2.00 bits per heavy atom. The molecule has 0 atom stereocenters. The molecule has 3 heterocycles. The second-order valence-electron chi connectivity index (χ2n) is 7.60. The molecule has 1 aliphatic heterocycles. The van der Waals surface area contributed by atoms with E-state index in [1.54, 1.807) is 11.9 Å². The van der Waals surface area contributed by atoms with Crippen LogP contribution < -0.4 is 10.5 Å². The largest absolute Gasteiger partial charge is 0.351 e. The molecule has 0 unspecified atom stereocenters. The van der Waals surface area contributed by atoms with Crippen molar-refractivity contribution in [2.75, 3.05) is 25.0 Å². The van der Waals surface area contributed by atoms with Crippen molar-refractivity contribution < 1.29 is 4.79 Å². The van der Waals surface area contributed by atoms with Gasteiger partial charge in [-0.05, 0) is 50.8 Å². The molecule has 0 aromatic carbocycles. The van der Waals surface area contributed by atoms with Crippen LogP contribution in [0.15, 0.2) is 23.0 Å². The molecule has 8 nitrogen and oxygen atoms in total. The summed E-state index contributed by atoms with van der Waals surface area (Å²) in [5, 5.41) is 12.9. The number of nitrogens with zero attached hydrogens (tertiary/aromatic N) is 6. The van der Waals surface area contributed by atoms with Crippen LogP contribution in [0.2, 0.25) is 0 Å². The van der Waals surface area contributed by atoms with E-state index in [0.29, 0.717) is 5.69 Å². The normalized spacial score (nSPS) is 16.4. The van der Waals surface area contributed by atoms with Gasteiger partial charge in [0.15, 0.2) is 5.82 Å². The molecule has 2 aromatic rings. The van der Waals surface area contributed by atoms with E-state index >= 15 is 0 Å². The molecule has 1 amide bonds. The first-order valence-electron chi connectivity index (χ1n) is 9.41. The molecule has 0 bridgehead atoms. The molecule has 1 aliphatic carbocycles. The van der Waals surface area contributed by atoms with Gasteiger partial charge in [-0.2, -0.15) is 10.2 Å². The van der Waals surface area contributed by atoms with Crippen LogP contribution in [0.5, 0.6) is 0 Å². The van der Waals surface area contributed by atoms with Gasteiger partial charge < -0.3 is 9.80 Å². The van der Waals surface area contributed by atoms with Crippen LogP contribution in [-0.2, 0) is 12.8 Å². The van der Waals surface area contributed by atoms with Crippen molar-refractivity contribution in [3.05, 3.63) is 45.5 Å². The molecule has 142 valence electrons. The van der Waals surface area contributed by atoms with Gasteiger partial charge in [-0.25, -0.2) is 4.68 Å². The number of anilines is 1. The number of likely N-dealkylation sites (N-methyl/N-ethyl adjacent to an activating group) is 1. The zero-order valence-electron chi connectivity index (χ0n) is 15.9. The Morgan fingerprint density at radius 3 is 2.74 bits per heavy atom. The lowest BCUT2D eigenvalue weighted by atomic mass is 10.1. The smallest absolute Gasteiger partial charge is 0.274 e. The van der Waals surface area contributed by atoms with Crippen LogP contribution in [0.1, 0.15) is 48.1 Å². The Hall–Kier alpha value is -2.77. The molecule has 1 fully saturated rings. The highest BCUT2D eigenvalue weighted by molar-refractivity contribution is 5.92. The van der Waals surface area contributed by atoms with Crippen LogP contribution >= 0.6 is 0 Å². The molecule has 4 rings (SSSR count). The second kappa shape index (κ2) is 6.75. The standard InChI is InChI=1S/C19H24N6O2/c1-12(2)25-18(26)8-7-16(22-25)19(27)23(3)14-10-24(11-14)17-9-13-5-4-6-15(13)20-21-17/h7-9,12,14H,4-6,10-11H2,1-3H3. The fraction of sp³-hybridized carbons (Fsp3) is 0.526. The first-order valence-corrected chi connectivity index (χ1v) is 9.41. The minimum absolute atomic E-state index is 0.0897. The van der Waals surface area contributed by atoms with E-state index in [1.807, 2.05) is 13.8 Å². The first kappa shape index (κ1) is 17.6. The summed E-state index contributed by atoms with van der Waals surface area (Å²) in [6.45, 7) is 5.18. The van der Waals surface area contributed by atoms with E-state index in [9.17, 15) is 9.59 Å². The Balaban J connectivity index is 1.43. The molecule has 0 N–H and O–H groups in total. The van der Waals surface area contributed by atoms with E-state index in [0.717, 1.165) is 43.9 Å². The van der Waals surface area contributed by atoms with Gasteiger partial charge in [-0.15, -0.1) is 5.10 Å². The van der Waals surface area contributed by atoms with Crippen LogP contribution in [-0.4, -0.2) is 57.0 Å². The molecule has 2 aliphatic rings. The van der Waals surface area contributed by atoms with Gasteiger partial charge in [-0.1, -0.05) is 0 Å². The highest BCUT2D eigenvalue weighted by Crippen LogP contribution is 2.26. The lowest BCUT2D eigenvalue weighted by Crippen LogP contribution is -2.60. The van der Waals surface area contributed by atoms with Crippen molar-refractivity contribution in [1.82, 2.24) is 24.9 Å². The summed E-state index contributed by atoms with van der Waals surface area (Å²) < 4.78 is 1.34. The van der Waals surface area contributed by atoms with Crippen LogP contribution in [0.3, 0.4) is 0 Å². The SMILES string of the molecule is CC(C)n1nc(C(=O)N(C)C2CN(c3cc4c(nn3)CCC4)C2)ccc1=O. The summed E-state index contributed by atoms with van der Waals surface area (Å²) in [4.78, 5) is 28.5. The Morgan fingerprint density at radius 1 is 1.22 bits per heavy atom. The minimum Gasteiger partial charge on any atom is -0.351 e. The summed E-state index contributed by atoms with van der Waals surface area (Å²) in [5.41, 5.74) is 2.51. The average Bonchev–Trinajstić information content (AvgIpc) is 3.07. The second-order valence-corrected chi connectivity index (χ2v) is 7.60. The van der Waals surface area contributed by atoms with E-state index < -0.39 is 0 Å². The third kappa shape index (κ3) is 3.20. The highest BCUT2D eigenvalue weighted by atomic mass is 16.2. The maximum atomic E-state index is 12.8. The Kier molecular flexibility index (Phi) is 4.41. The minimum atomic E-state index is -0.200. The third-order valence-electron chi connectivity index (χ3n) is 5.39. The number of hydrogen-bond acceptors (Lipinski definition) is 6. The maximum Gasteiger partial charge on any atom is 0.274 e. The van der Waals surface area contributed by atoms with Gasteiger partial charge in [0, 0.05) is 26.2 Å². The molecule has 8 heteroatoms. The lowest BCUT2D eigenvalue weighted by Gasteiger charge is -2.44. The quantitative estimate of drug-likeness (QED) is 0.802. The van der Waals surface area contributed by atoms with Crippen molar-refractivity contribution in [3.63, 3.8) is 0 Å². The van der Waals surface area contributed by atoms with Gasteiger partial charge in [0.2, 0.25) is 0 Å². The van der Waals surface area contributed by atoms with Gasteiger partial charge in [0.05, 0.1) is 17.8 Å². The number of carbonyl (C=O) groups excluding carboxylic acids is 1. The molecule has 0 radical (unpaired) electrons. The number of fused-ring (bicyclic) bond motifs is 1. The predicted molar refractivity (Wildman–Crippen MR) is 101 cm³/mol. The maximum absolute atomic E-state index is 12.8. The molecule has 0 spiro atoms. The van der Waals surface area contributed by atoms with E-state index in [2.05, 4.69) is 26.3 Å². The number of hydrogen-bond donors (Lipinski definition) is 0. The van der Waals surface area contributed by atoms with Crippen molar-refractivity contribution in [1.29, 1.82) is 0 Å². The van der Waals surface area contributed by atoms with Crippen molar-refractivity contribution in [3.8, 4) is 0 Å². The van der Waals surface area contributed by atoms with Crippen molar-refractivity contribution >= 4 is 11.7 Å². The monoisotopic (exact) mass is 368 g/mol. The number of aromatic nitrogens is 4. The van der Waals surface area contributed by atoms with Crippen molar-refractivity contribution in [2.24, 2.45) is 0 Å². The van der Waals surface area contributed by atoms with E-state index in [1.165, 1.54) is 22.4 Å². The summed E-state index contributed by atoms with van der Waals surface area (Å²) in [6.07, 6.45) is 3.25. The summed E-state index contributed by atoms with van der Waals surface area (Å²) in [7, 11) is 1.78. The fourth-order valence-electron chi connectivity index (χ4n) is 3.61. The fourth-order valence-corrected chi connectivity index (χ4v) is 3.61. The van der Waals surface area contributed by atoms with E-state index in [4.69, 9.17) is 0 Å². The lowest BCUT2D eigenvalue weighted by molar-refractivity contribution is 0.0695.